The fourth-order valence-electron chi connectivity index (χ4n) is 1.14. The highest BCUT2D eigenvalue weighted by Gasteiger charge is 2.08. The lowest BCUT2D eigenvalue weighted by atomic mass is 10.1. The molecule has 2 N–H and O–H groups in total. The van der Waals surface area contributed by atoms with Crippen LogP contribution in [0.25, 0.3) is 0 Å². The lowest BCUT2D eigenvalue weighted by Gasteiger charge is -2.07. The van der Waals surface area contributed by atoms with E-state index in [0.29, 0.717) is 5.56 Å². The summed E-state index contributed by atoms with van der Waals surface area (Å²) in [6.45, 7) is 1.56. The molecule has 0 aliphatic rings. The molecule has 1 rings (SSSR count). The second-order valence-electron chi connectivity index (χ2n) is 3.71. The molecule has 0 aliphatic carbocycles. The number of benzene rings is 1. The largest absolute Gasteiger partial charge is 0.460 e. The van der Waals surface area contributed by atoms with Crippen LogP contribution in [0.1, 0.15) is 18.1 Å². The number of nitrogens with two attached hydrogens (primary N) is 1. The molecule has 98 valence electrons. The van der Waals surface area contributed by atoms with Gasteiger partial charge in [0, 0.05) is 0 Å². The van der Waals surface area contributed by atoms with E-state index in [4.69, 9.17) is 10.5 Å². The second kappa shape index (κ2) is 6.55. The van der Waals surface area contributed by atoms with Crippen molar-refractivity contribution < 1.29 is 19.5 Å². The predicted octanol–water partition coefficient (Wildman–Crippen LogP) is 0.785. The van der Waals surface area contributed by atoms with Gasteiger partial charge < -0.3 is 15.3 Å². The third kappa shape index (κ3) is 4.79. The molecule has 0 fully saturated rings. The highest BCUT2D eigenvalue weighted by molar-refractivity contribution is 5.74. The van der Waals surface area contributed by atoms with Gasteiger partial charge in [-0.2, -0.15) is 0 Å². The number of esters is 1. The van der Waals surface area contributed by atoms with Crippen molar-refractivity contribution in [3.05, 3.63) is 45.5 Å². The van der Waals surface area contributed by atoms with Gasteiger partial charge in [-0.1, -0.05) is 24.3 Å². The van der Waals surface area contributed by atoms with E-state index < -0.39 is 17.1 Å². The van der Waals surface area contributed by atoms with E-state index in [1.54, 1.807) is 31.2 Å². The van der Waals surface area contributed by atoms with Gasteiger partial charge in [-0.05, 0) is 18.1 Å². The van der Waals surface area contributed by atoms with Crippen LogP contribution in [0.15, 0.2) is 24.3 Å². The second-order valence-corrected chi connectivity index (χ2v) is 3.71. The van der Waals surface area contributed by atoms with Crippen molar-refractivity contribution in [1.82, 2.24) is 0 Å². The van der Waals surface area contributed by atoms with E-state index in [0.717, 1.165) is 5.56 Å². The maximum Gasteiger partial charge on any atom is 0.322 e. The number of hydrogen-bond acceptors (Lipinski definition) is 6. The molecule has 7 nitrogen and oxygen atoms in total. The van der Waals surface area contributed by atoms with Gasteiger partial charge in [0.25, 0.3) is 5.09 Å². The number of nitrogens with zero attached hydrogens (tertiary/aromatic N) is 1. The SMILES string of the molecule is CC(N)C(=O)OCc1ccc(CO[N+](=O)[O-])cc1. The van der Waals surface area contributed by atoms with E-state index in [9.17, 15) is 14.9 Å². The Labute approximate surface area is 104 Å². The Balaban J connectivity index is 2.45. The molecule has 0 radical (unpaired) electrons. The molecule has 1 unspecified atom stereocenters. The highest BCUT2D eigenvalue weighted by Crippen LogP contribution is 2.07. The number of rotatable bonds is 6. The maximum absolute atomic E-state index is 11.1. The fraction of sp³-hybridized carbons (Fsp3) is 0.364. The van der Waals surface area contributed by atoms with Gasteiger partial charge in [0.05, 0.1) is 0 Å². The van der Waals surface area contributed by atoms with E-state index in [2.05, 4.69) is 4.84 Å². The molecule has 7 heteroatoms. The Hall–Kier alpha value is -2.15. The Morgan fingerprint density at radius 3 is 2.28 bits per heavy atom. The topological polar surface area (TPSA) is 105 Å². The Bertz CT molecular complexity index is 416. The summed E-state index contributed by atoms with van der Waals surface area (Å²) >= 11 is 0. The lowest BCUT2D eigenvalue weighted by Crippen LogP contribution is -2.28. The van der Waals surface area contributed by atoms with E-state index in [1.807, 2.05) is 0 Å². The van der Waals surface area contributed by atoms with Crippen LogP contribution in [0.3, 0.4) is 0 Å². The van der Waals surface area contributed by atoms with Crippen LogP contribution >= 0.6 is 0 Å². The van der Waals surface area contributed by atoms with Crippen LogP contribution < -0.4 is 5.73 Å². The van der Waals surface area contributed by atoms with Crippen molar-refractivity contribution in [3.63, 3.8) is 0 Å². The zero-order chi connectivity index (χ0) is 13.5. The van der Waals surface area contributed by atoms with Crippen LogP contribution in [-0.4, -0.2) is 17.1 Å². The predicted molar refractivity (Wildman–Crippen MR) is 61.7 cm³/mol. The fourth-order valence-corrected chi connectivity index (χ4v) is 1.14. The standard InChI is InChI=1S/C11H14N2O5/c1-8(12)11(14)17-6-9-2-4-10(5-3-9)7-18-13(15)16/h2-5,8H,6-7,12H2,1H3. The summed E-state index contributed by atoms with van der Waals surface area (Å²) in [7, 11) is 0. The van der Waals surface area contributed by atoms with Crippen LogP contribution in [0.5, 0.6) is 0 Å². The summed E-state index contributed by atoms with van der Waals surface area (Å²) in [5.74, 6) is -0.476. The molecule has 0 saturated carbocycles. The van der Waals surface area contributed by atoms with Crippen molar-refractivity contribution in [1.29, 1.82) is 0 Å². The number of carbonyl (C=O) groups excluding carboxylic acids is 1. The molecule has 0 saturated heterocycles. The van der Waals surface area contributed by atoms with Gasteiger partial charge in [-0.3, -0.25) is 4.79 Å². The molecule has 0 spiro atoms. The monoisotopic (exact) mass is 254 g/mol. The van der Waals surface area contributed by atoms with E-state index in [-0.39, 0.29) is 13.2 Å². The average Bonchev–Trinajstić information content (AvgIpc) is 2.34. The van der Waals surface area contributed by atoms with Crippen LogP contribution in [0.2, 0.25) is 0 Å². The normalized spacial score (nSPS) is 11.7. The number of hydrogen-bond donors (Lipinski definition) is 1. The minimum atomic E-state index is -0.849. The number of ether oxygens (including phenoxy) is 1. The summed E-state index contributed by atoms with van der Waals surface area (Å²) in [4.78, 5) is 25.3. The molecule has 1 atom stereocenters. The van der Waals surface area contributed by atoms with Crippen molar-refractivity contribution in [3.8, 4) is 0 Å². The van der Waals surface area contributed by atoms with E-state index in [1.165, 1.54) is 0 Å². The summed E-state index contributed by atoms with van der Waals surface area (Å²) in [5.41, 5.74) is 6.77. The molecule has 0 aromatic heterocycles. The smallest absolute Gasteiger partial charge is 0.322 e. The zero-order valence-electron chi connectivity index (χ0n) is 9.87. The first kappa shape index (κ1) is 13.9. The van der Waals surface area contributed by atoms with Gasteiger partial charge in [0.1, 0.15) is 19.3 Å². The van der Waals surface area contributed by atoms with E-state index >= 15 is 0 Å². The molecule has 0 heterocycles. The molecule has 18 heavy (non-hydrogen) atoms. The molecule has 0 aliphatic heterocycles. The maximum atomic E-state index is 11.1. The van der Waals surface area contributed by atoms with Crippen molar-refractivity contribution in [2.75, 3.05) is 0 Å². The lowest BCUT2D eigenvalue weighted by molar-refractivity contribution is -0.763. The summed E-state index contributed by atoms with van der Waals surface area (Å²) < 4.78 is 4.92. The quantitative estimate of drug-likeness (QED) is 0.457. The minimum absolute atomic E-state index is 0.104. The molecule has 1 aromatic carbocycles. The van der Waals surface area contributed by atoms with Crippen molar-refractivity contribution in [2.45, 2.75) is 26.2 Å². The Morgan fingerprint density at radius 2 is 1.83 bits per heavy atom. The third-order valence-corrected chi connectivity index (χ3v) is 2.11. The molecular formula is C11H14N2O5. The van der Waals surface area contributed by atoms with Crippen molar-refractivity contribution >= 4 is 5.97 Å². The summed E-state index contributed by atoms with van der Waals surface area (Å²) in [6.07, 6.45) is 0. The van der Waals surface area contributed by atoms with Gasteiger partial charge in [-0.25, -0.2) is 0 Å². The Morgan fingerprint density at radius 1 is 1.33 bits per heavy atom. The first-order valence-corrected chi connectivity index (χ1v) is 5.26. The molecular weight excluding hydrogens is 240 g/mol. The van der Waals surface area contributed by atoms with Crippen LogP contribution in [0, 0.1) is 10.1 Å². The highest BCUT2D eigenvalue weighted by atomic mass is 16.9. The van der Waals surface area contributed by atoms with Gasteiger partial charge in [0.15, 0.2) is 0 Å². The zero-order valence-corrected chi connectivity index (χ0v) is 9.87. The number of carbonyl (C=O) groups is 1. The van der Waals surface area contributed by atoms with Gasteiger partial charge in [0.2, 0.25) is 0 Å². The van der Waals surface area contributed by atoms with Crippen LogP contribution in [-0.2, 0) is 27.6 Å². The molecule has 0 bridgehead atoms. The van der Waals surface area contributed by atoms with Crippen molar-refractivity contribution in [2.24, 2.45) is 5.73 Å². The Kier molecular flexibility index (Phi) is 5.06. The summed E-state index contributed by atoms with van der Waals surface area (Å²) in [6, 6.07) is 6.08. The first-order valence-electron chi connectivity index (χ1n) is 5.26. The third-order valence-electron chi connectivity index (χ3n) is 2.11. The van der Waals surface area contributed by atoms with Crippen LogP contribution in [0.4, 0.5) is 0 Å². The molecule has 1 aromatic rings. The summed E-state index contributed by atoms with van der Waals surface area (Å²) in [5, 5.41) is 9.15. The van der Waals surface area contributed by atoms with Gasteiger partial charge in [-0.15, -0.1) is 10.1 Å². The van der Waals surface area contributed by atoms with Gasteiger partial charge >= 0.3 is 5.97 Å². The average molecular weight is 254 g/mol. The first-order chi connectivity index (χ1) is 8.49. The molecule has 0 amide bonds. The minimum Gasteiger partial charge on any atom is -0.460 e.